The lowest BCUT2D eigenvalue weighted by Gasteiger charge is -2.52. The molecule has 27 heteroatoms. The van der Waals surface area contributed by atoms with E-state index in [1.54, 1.807) is 0 Å². The lowest BCUT2D eigenvalue weighted by molar-refractivity contribution is -0.384. The third-order valence-corrected chi connectivity index (χ3v) is 13.1. The molecular formula is C36H62NO25P. The number of carbonyl (C=O) groups is 2. The minimum Gasteiger partial charge on any atom is -0.394 e. The highest BCUT2D eigenvalue weighted by atomic mass is 31.2. The second-order valence-electron chi connectivity index (χ2n) is 16.1. The highest BCUT2D eigenvalue weighted by molar-refractivity contribution is 7.52. The van der Waals surface area contributed by atoms with Gasteiger partial charge in [-0.05, 0) is 13.8 Å². The van der Waals surface area contributed by atoms with Gasteiger partial charge >= 0.3 is 7.60 Å². The normalized spacial score (nSPS) is 48.1. The zero-order valence-corrected chi connectivity index (χ0v) is 35.9. The molecule has 12 N–H and O–H groups in total. The van der Waals surface area contributed by atoms with E-state index in [0.717, 1.165) is 6.92 Å². The van der Waals surface area contributed by atoms with Crippen LogP contribution in [0.25, 0.3) is 0 Å². The van der Waals surface area contributed by atoms with Crippen molar-refractivity contribution < 1.29 is 122 Å². The monoisotopic (exact) mass is 939 g/mol. The molecule has 5 heterocycles. The summed E-state index contributed by atoms with van der Waals surface area (Å²) in [4.78, 5) is 34.7. The van der Waals surface area contributed by atoms with Gasteiger partial charge in [-0.15, -0.1) is 0 Å². The summed E-state index contributed by atoms with van der Waals surface area (Å²) < 4.78 is 77.3. The average Bonchev–Trinajstić information content (AvgIpc) is 3.52. The van der Waals surface area contributed by atoms with Crippen LogP contribution in [0.5, 0.6) is 0 Å². The molecule has 26 nitrogen and oxygen atoms in total. The zero-order chi connectivity index (χ0) is 46.7. The van der Waals surface area contributed by atoms with E-state index in [4.69, 9.17) is 51.9 Å². The third-order valence-electron chi connectivity index (χ3n) is 11.7. The molecule has 25 unspecified atom stereocenters. The van der Waals surface area contributed by atoms with Gasteiger partial charge in [0.1, 0.15) is 91.7 Å². The molecule has 0 radical (unpaired) electrons. The highest BCUT2D eigenvalue weighted by Gasteiger charge is 2.58. The standard InChI is InChI=1S/C36H62NO25P/c1-12-16(9-39)55-35(23(46)20(12)43)60-29-18(11-41)57-32(59-28-14(3)53-33(52-5)26(49)31(28)62-63(50,51)8-6-7-38)19(37-15(4)42)30(29)61-34-25(48)22(45)27(13(2)54-34)58-36-24(47)21(44)17(10-40)56-36/h7,12-14,16-36,39-41,43-49H,6,8-11H2,1-5H3,(H,37,42)(H,50,51). The molecule has 0 spiro atoms. The molecule has 0 aromatic heterocycles. The van der Waals surface area contributed by atoms with Crippen molar-refractivity contribution in [3.8, 4) is 0 Å². The van der Waals surface area contributed by atoms with E-state index in [1.165, 1.54) is 27.9 Å². The first-order chi connectivity index (χ1) is 29.7. The van der Waals surface area contributed by atoms with E-state index >= 15 is 0 Å². The molecule has 1 amide bonds. The Balaban J connectivity index is 1.51. The first kappa shape index (κ1) is 52.5. The summed E-state index contributed by atoms with van der Waals surface area (Å²) in [6.45, 7) is 3.13. The van der Waals surface area contributed by atoms with Crippen LogP contribution in [0, 0.1) is 5.92 Å². The second-order valence-corrected chi connectivity index (χ2v) is 18.1. The molecule has 5 rings (SSSR count). The highest BCUT2D eigenvalue weighted by Crippen LogP contribution is 2.47. The largest absolute Gasteiger partial charge is 0.394 e. The van der Waals surface area contributed by atoms with E-state index < -0.39 is 187 Å². The Morgan fingerprint density at radius 3 is 1.67 bits per heavy atom. The van der Waals surface area contributed by atoms with Gasteiger partial charge in [0.05, 0.1) is 50.4 Å². The number of methoxy groups -OCH3 is 1. The number of rotatable bonds is 18. The lowest BCUT2D eigenvalue weighted by Crippen LogP contribution is -2.70. The summed E-state index contributed by atoms with van der Waals surface area (Å²) in [5, 5.41) is 110. The molecule has 63 heavy (non-hydrogen) atoms. The number of hydrogen-bond donors (Lipinski definition) is 12. The first-order valence-electron chi connectivity index (χ1n) is 20.4. The van der Waals surface area contributed by atoms with Gasteiger partial charge in [-0.25, -0.2) is 0 Å². The molecule has 5 aliphatic heterocycles. The predicted molar refractivity (Wildman–Crippen MR) is 201 cm³/mol. The van der Waals surface area contributed by atoms with Crippen LogP contribution in [0.15, 0.2) is 0 Å². The summed E-state index contributed by atoms with van der Waals surface area (Å²) in [6.07, 6.45) is -36.0. The Kier molecular flexibility index (Phi) is 18.8. The summed E-state index contributed by atoms with van der Waals surface area (Å²) in [6, 6.07) is -1.65. The molecule has 0 aliphatic carbocycles. The fourth-order valence-electron chi connectivity index (χ4n) is 8.12. The molecule has 0 bridgehead atoms. The molecule has 366 valence electrons. The maximum absolute atomic E-state index is 13.1. The fourth-order valence-corrected chi connectivity index (χ4v) is 9.29. The minimum atomic E-state index is -4.64. The predicted octanol–water partition coefficient (Wildman–Crippen LogP) is -6.36. The van der Waals surface area contributed by atoms with Gasteiger partial charge in [0.2, 0.25) is 5.91 Å². The van der Waals surface area contributed by atoms with Crippen molar-refractivity contribution >= 4 is 19.8 Å². The second kappa shape index (κ2) is 22.5. The van der Waals surface area contributed by atoms with Crippen LogP contribution in [0.2, 0.25) is 0 Å². The summed E-state index contributed by atoms with van der Waals surface area (Å²) in [7, 11) is -3.46. The number of aliphatic hydroxyl groups excluding tert-OH is 10. The number of nitrogens with one attached hydrogen (secondary N) is 1. The molecule has 0 aromatic rings. The number of aliphatic hydroxyl groups is 10. The first-order valence-corrected chi connectivity index (χ1v) is 22.2. The Hall–Kier alpha value is -1.51. The van der Waals surface area contributed by atoms with Crippen molar-refractivity contribution in [1.82, 2.24) is 5.32 Å². The van der Waals surface area contributed by atoms with Crippen molar-refractivity contribution in [2.75, 3.05) is 33.1 Å². The van der Waals surface area contributed by atoms with Crippen molar-refractivity contribution in [3.63, 3.8) is 0 Å². The molecule has 5 fully saturated rings. The van der Waals surface area contributed by atoms with E-state index in [9.17, 15) is 70.1 Å². The van der Waals surface area contributed by atoms with Gasteiger partial charge in [-0.2, -0.15) is 0 Å². The van der Waals surface area contributed by atoms with Crippen molar-refractivity contribution in [1.29, 1.82) is 0 Å². The van der Waals surface area contributed by atoms with Gasteiger partial charge in [-0.3, -0.25) is 13.9 Å². The summed E-state index contributed by atoms with van der Waals surface area (Å²) in [5.41, 5.74) is 0. The molecule has 0 aromatic carbocycles. The number of hydrogen-bond acceptors (Lipinski definition) is 24. The van der Waals surface area contributed by atoms with Crippen molar-refractivity contribution in [3.05, 3.63) is 0 Å². The number of ether oxygens (including phenoxy) is 10. The average molecular weight is 940 g/mol. The van der Waals surface area contributed by atoms with Crippen LogP contribution >= 0.6 is 7.60 Å². The third kappa shape index (κ3) is 11.8. The van der Waals surface area contributed by atoms with Crippen molar-refractivity contribution in [2.45, 2.75) is 175 Å². The molecule has 5 aliphatic rings. The van der Waals surface area contributed by atoms with E-state index in [1.807, 2.05) is 0 Å². The van der Waals surface area contributed by atoms with Gasteiger partial charge in [0.25, 0.3) is 0 Å². The van der Waals surface area contributed by atoms with Gasteiger partial charge in [0, 0.05) is 26.4 Å². The smallest absolute Gasteiger partial charge is 0.329 e. The van der Waals surface area contributed by atoms with Crippen LogP contribution in [-0.2, 0) is 66.0 Å². The van der Waals surface area contributed by atoms with E-state index in [2.05, 4.69) is 5.32 Å². The van der Waals surface area contributed by atoms with Gasteiger partial charge in [0.15, 0.2) is 31.5 Å². The number of carbonyl (C=O) groups excluding carboxylic acids is 2. The maximum Gasteiger partial charge on any atom is 0.329 e. The zero-order valence-electron chi connectivity index (χ0n) is 35.1. The molecular weight excluding hydrogens is 877 g/mol. The van der Waals surface area contributed by atoms with Crippen LogP contribution in [0.3, 0.4) is 0 Å². The SMILES string of the molecule is COC1OC(C)C(OC2OC(CO)C(OC3OC(CO)C(C)C(O)C3O)C(OC3OC(C)C(OC4OC(CO)C(O)C4O)C(O)C3O)C2NC(C)=O)C(OP(=O)(O)CCC=O)C1O. The summed E-state index contributed by atoms with van der Waals surface area (Å²) in [5.74, 6) is -1.57. The quantitative estimate of drug-likeness (QED) is 0.0449. The van der Waals surface area contributed by atoms with E-state index in [0.29, 0.717) is 6.29 Å². The Labute approximate surface area is 361 Å². The lowest BCUT2D eigenvalue weighted by atomic mass is 9.90. The number of aldehydes is 1. The molecule has 5 saturated heterocycles. The van der Waals surface area contributed by atoms with Gasteiger partial charge < -0.3 is 113 Å². The van der Waals surface area contributed by atoms with Crippen LogP contribution in [-0.4, -0.2) is 243 Å². The topological polar surface area (TPSA) is 387 Å². The number of amides is 1. The maximum atomic E-state index is 13.1. The van der Waals surface area contributed by atoms with Crippen LogP contribution < -0.4 is 5.32 Å². The van der Waals surface area contributed by atoms with Crippen LogP contribution in [0.1, 0.15) is 34.1 Å². The Bertz CT molecular complexity index is 1520. The van der Waals surface area contributed by atoms with Gasteiger partial charge in [-0.1, -0.05) is 6.92 Å². The molecule has 0 saturated carbocycles. The van der Waals surface area contributed by atoms with Crippen LogP contribution in [0.4, 0.5) is 0 Å². The minimum absolute atomic E-state index is 0.385. The van der Waals surface area contributed by atoms with E-state index in [-0.39, 0.29) is 6.42 Å². The summed E-state index contributed by atoms with van der Waals surface area (Å²) >= 11 is 0. The Morgan fingerprint density at radius 2 is 1.10 bits per heavy atom. The fraction of sp³-hybridized carbons (Fsp3) is 0.944. The Morgan fingerprint density at radius 1 is 0.603 bits per heavy atom. The molecule has 25 atom stereocenters. The van der Waals surface area contributed by atoms with Crippen molar-refractivity contribution in [2.24, 2.45) is 5.92 Å².